The highest BCUT2D eigenvalue weighted by molar-refractivity contribution is 9.10. The second-order valence-electron chi connectivity index (χ2n) is 11.9. The minimum atomic E-state index is -4.36. The number of hydrogen-bond donors (Lipinski definition) is 1. The minimum Gasteiger partial charge on any atom is -0.493 e. The van der Waals surface area contributed by atoms with Crippen molar-refractivity contribution < 1.29 is 27.5 Å². The average molecular weight is 769 g/mol. The van der Waals surface area contributed by atoms with E-state index in [1.807, 2.05) is 54.6 Å². The van der Waals surface area contributed by atoms with E-state index in [2.05, 4.69) is 21.2 Å². The highest BCUT2D eigenvalue weighted by atomic mass is 79.9. The average Bonchev–Trinajstić information content (AvgIpc) is 3.62. The maximum Gasteiger partial charge on any atom is 0.264 e. The van der Waals surface area contributed by atoms with Gasteiger partial charge in [0.2, 0.25) is 11.8 Å². The maximum atomic E-state index is 14.7. The number of ether oxygens (including phenoxy) is 2. The van der Waals surface area contributed by atoms with Crippen molar-refractivity contribution in [1.82, 2.24) is 10.2 Å². The molecule has 9 nitrogen and oxygen atoms in total. The summed E-state index contributed by atoms with van der Waals surface area (Å²) < 4.78 is 41.4. The van der Waals surface area contributed by atoms with Crippen LogP contribution in [0.25, 0.3) is 0 Å². The van der Waals surface area contributed by atoms with Gasteiger partial charge in [-0.05, 0) is 72.5 Å². The molecule has 1 N–H and O–H groups in total. The predicted molar refractivity (Wildman–Crippen MR) is 195 cm³/mol. The lowest BCUT2D eigenvalue weighted by atomic mass is 10.0. The van der Waals surface area contributed by atoms with E-state index in [-0.39, 0.29) is 41.2 Å². The number of anilines is 1. The fourth-order valence-electron chi connectivity index (χ4n) is 5.99. The Morgan fingerprint density at radius 3 is 2.20 bits per heavy atom. The van der Waals surface area contributed by atoms with Gasteiger partial charge in [-0.15, -0.1) is 0 Å². The van der Waals surface area contributed by atoms with E-state index in [0.717, 1.165) is 45.6 Å². The Balaban J connectivity index is 1.58. The molecule has 1 aliphatic carbocycles. The number of nitrogens with zero attached hydrogens (tertiary/aromatic N) is 2. The van der Waals surface area contributed by atoms with E-state index in [9.17, 15) is 18.0 Å². The van der Waals surface area contributed by atoms with Gasteiger partial charge in [-0.1, -0.05) is 82.8 Å². The molecule has 0 aliphatic heterocycles. The SMILES string of the molecule is COc1ccc(S(=O)(=O)N(CC(=O)N(Cc2cccc(Br)c2)[C@H](Cc2ccccc2)C(=O)NC2CCCC2)c2ccc(Cl)cc2)cc1OC. The molecule has 0 saturated heterocycles. The molecule has 4 aromatic carbocycles. The molecule has 0 spiro atoms. The third-order valence-corrected chi connectivity index (χ3v) is 11.1. The molecule has 0 radical (unpaired) electrons. The van der Waals surface area contributed by atoms with Crippen LogP contribution in [-0.2, 0) is 32.6 Å². The van der Waals surface area contributed by atoms with Crippen LogP contribution in [0, 0.1) is 0 Å². The molecule has 12 heteroatoms. The Bertz CT molecular complexity index is 1850. The highest BCUT2D eigenvalue weighted by Crippen LogP contribution is 2.33. The number of carbonyl (C=O) groups is 2. The quantitative estimate of drug-likeness (QED) is 0.148. The van der Waals surface area contributed by atoms with Crippen molar-refractivity contribution in [2.45, 2.75) is 55.6 Å². The van der Waals surface area contributed by atoms with Gasteiger partial charge in [0.25, 0.3) is 10.0 Å². The number of carbonyl (C=O) groups excluding carboxylic acids is 2. The van der Waals surface area contributed by atoms with Crippen molar-refractivity contribution in [3.63, 3.8) is 0 Å². The van der Waals surface area contributed by atoms with Crippen molar-refractivity contribution in [3.05, 3.63) is 118 Å². The van der Waals surface area contributed by atoms with E-state index in [4.69, 9.17) is 21.1 Å². The van der Waals surface area contributed by atoms with Crippen LogP contribution in [0.3, 0.4) is 0 Å². The number of sulfonamides is 1. The first-order valence-electron chi connectivity index (χ1n) is 16.0. The lowest BCUT2D eigenvalue weighted by Crippen LogP contribution is -2.54. The minimum absolute atomic E-state index is 0.0181. The van der Waals surface area contributed by atoms with Gasteiger partial charge < -0.3 is 19.7 Å². The summed E-state index contributed by atoms with van der Waals surface area (Å²) in [5.74, 6) is -0.261. The van der Waals surface area contributed by atoms with Gasteiger partial charge in [0, 0.05) is 34.6 Å². The van der Waals surface area contributed by atoms with E-state index in [1.54, 1.807) is 24.3 Å². The van der Waals surface area contributed by atoms with Crippen molar-refractivity contribution in [2.75, 3.05) is 25.1 Å². The lowest BCUT2D eigenvalue weighted by molar-refractivity contribution is -0.140. The molecule has 1 fully saturated rings. The summed E-state index contributed by atoms with van der Waals surface area (Å²) in [6.45, 7) is -0.521. The van der Waals surface area contributed by atoms with Crippen molar-refractivity contribution in [2.24, 2.45) is 0 Å². The predicted octanol–water partition coefficient (Wildman–Crippen LogP) is 7.01. The molecule has 0 unspecified atom stereocenters. The molecule has 4 aromatic rings. The summed E-state index contributed by atoms with van der Waals surface area (Å²) in [6.07, 6.45) is 4.04. The molecule has 5 rings (SSSR count). The summed E-state index contributed by atoms with van der Waals surface area (Å²) >= 11 is 9.70. The normalized spacial score (nSPS) is 13.8. The number of rotatable bonds is 14. The molecular weight excluding hydrogens is 730 g/mol. The van der Waals surface area contributed by atoms with Crippen LogP contribution >= 0.6 is 27.5 Å². The fourth-order valence-corrected chi connectivity index (χ4v) is 8.00. The van der Waals surface area contributed by atoms with Gasteiger partial charge in [-0.2, -0.15) is 0 Å². The van der Waals surface area contributed by atoms with Crippen LogP contribution in [0.5, 0.6) is 11.5 Å². The van der Waals surface area contributed by atoms with Crippen LogP contribution in [-0.4, -0.2) is 58.0 Å². The molecule has 49 heavy (non-hydrogen) atoms. The number of amides is 2. The second-order valence-corrected chi connectivity index (χ2v) is 15.1. The zero-order chi connectivity index (χ0) is 35.0. The van der Waals surface area contributed by atoms with Crippen LogP contribution in [0.1, 0.15) is 36.8 Å². The smallest absolute Gasteiger partial charge is 0.264 e. The zero-order valence-corrected chi connectivity index (χ0v) is 30.5. The lowest BCUT2D eigenvalue weighted by Gasteiger charge is -2.34. The molecule has 1 saturated carbocycles. The van der Waals surface area contributed by atoms with Crippen LogP contribution in [0.2, 0.25) is 5.02 Å². The van der Waals surface area contributed by atoms with E-state index in [1.165, 1.54) is 37.3 Å². The van der Waals surface area contributed by atoms with Gasteiger partial charge in [-0.3, -0.25) is 13.9 Å². The number of hydrogen-bond acceptors (Lipinski definition) is 6. The molecule has 0 bridgehead atoms. The molecule has 1 atom stereocenters. The van der Waals surface area contributed by atoms with Gasteiger partial charge in [0.05, 0.1) is 24.8 Å². The number of halogens is 2. The number of benzene rings is 4. The summed E-state index contributed by atoms with van der Waals surface area (Å²) in [5.41, 5.74) is 1.87. The molecule has 2 amide bonds. The Kier molecular flexibility index (Phi) is 12.2. The van der Waals surface area contributed by atoms with Crippen LogP contribution in [0.4, 0.5) is 5.69 Å². The van der Waals surface area contributed by atoms with E-state index in [0.29, 0.717) is 10.8 Å². The third kappa shape index (κ3) is 9.14. The van der Waals surface area contributed by atoms with Crippen molar-refractivity contribution in [1.29, 1.82) is 0 Å². The topological polar surface area (TPSA) is 105 Å². The molecule has 1 aliphatic rings. The first-order chi connectivity index (χ1) is 23.6. The zero-order valence-electron chi connectivity index (χ0n) is 27.4. The fraction of sp³-hybridized carbons (Fsp3) is 0.297. The second kappa shape index (κ2) is 16.6. The third-order valence-electron chi connectivity index (χ3n) is 8.55. The maximum absolute atomic E-state index is 14.7. The van der Waals surface area contributed by atoms with E-state index >= 15 is 0 Å². The largest absolute Gasteiger partial charge is 0.493 e. The summed E-state index contributed by atoms with van der Waals surface area (Å²) in [7, 11) is -1.48. The van der Waals surface area contributed by atoms with Crippen LogP contribution in [0.15, 0.2) is 106 Å². The monoisotopic (exact) mass is 767 g/mol. The Hall–Kier alpha value is -4.06. The Morgan fingerprint density at radius 1 is 0.878 bits per heavy atom. The van der Waals surface area contributed by atoms with Crippen LogP contribution < -0.4 is 19.1 Å². The first kappa shape index (κ1) is 36.2. The van der Waals surface area contributed by atoms with Gasteiger partial charge in [0.15, 0.2) is 11.5 Å². The summed E-state index contributed by atoms with van der Waals surface area (Å²) in [6, 6.07) is 26.5. The molecule has 0 aromatic heterocycles. The molecular formula is C37H39BrClN3O6S. The first-order valence-corrected chi connectivity index (χ1v) is 18.6. The number of nitrogens with one attached hydrogen (secondary N) is 1. The van der Waals surface area contributed by atoms with Gasteiger partial charge in [-0.25, -0.2) is 8.42 Å². The highest BCUT2D eigenvalue weighted by Gasteiger charge is 2.36. The standard InChI is InChI=1S/C37H39BrClN3O6S/c1-47-34-20-19-32(23-35(34)48-2)49(45,46)42(31-17-15-29(39)16-18-31)25-36(43)41(24-27-11-8-12-28(38)21-27)33(22-26-9-4-3-5-10-26)37(44)40-30-13-6-7-14-30/h3-5,8-12,15-21,23,30,33H,6-7,13-14,22,24-25H2,1-2H3,(H,40,44)/t33-/m1/s1. The molecule has 258 valence electrons. The van der Waals surface area contributed by atoms with E-state index < -0.39 is 28.5 Å². The van der Waals surface area contributed by atoms with Gasteiger partial charge >= 0.3 is 0 Å². The number of methoxy groups -OCH3 is 2. The van der Waals surface area contributed by atoms with Gasteiger partial charge in [0.1, 0.15) is 12.6 Å². The molecule has 0 heterocycles. The summed E-state index contributed by atoms with van der Waals surface area (Å²) in [5, 5.41) is 3.59. The van der Waals surface area contributed by atoms with Crippen molar-refractivity contribution in [3.8, 4) is 11.5 Å². The van der Waals surface area contributed by atoms with Crippen molar-refractivity contribution >= 4 is 55.1 Å². The summed E-state index contributed by atoms with van der Waals surface area (Å²) in [4.78, 5) is 30.3. The Labute approximate surface area is 301 Å². The Morgan fingerprint density at radius 2 is 1.55 bits per heavy atom.